The van der Waals surface area contributed by atoms with Gasteiger partial charge in [0, 0.05) is 13.7 Å². The first kappa shape index (κ1) is 12.8. The van der Waals surface area contributed by atoms with Gasteiger partial charge < -0.3 is 9.30 Å². The Morgan fingerprint density at radius 3 is 2.44 bits per heavy atom. The van der Waals surface area contributed by atoms with Crippen molar-refractivity contribution in [1.82, 2.24) is 14.8 Å². The minimum atomic E-state index is -5.69. The van der Waals surface area contributed by atoms with Gasteiger partial charge in [-0.05, 0) is 0 Å². The second-order valence-electron chi connectivity index (χ2n) is 2.91. The fourth-order valence-electron chi connectivity index (χ4n) is 0.978. The van der Waals surface area contributed by atoms with E-state index in [0.717, 1.165) is 6.33 Å². The van der Waals surface area contributed by atoms with E-state index >= 15 is 0 Å². The van der Waals surface area contributed by atoms with E-state index in [1.165, 1.54) is 7.11 Å². The second kappa shape index (κ2) is 4.32. The molecule has 9 heteroatoms. The van der Waals surface area contributed by atoms with Gasteiger partial charge in [0.15, 0.2) is 0 Å². The van der Waals surface area contributed by atoms with Crippen molar-refractivity contribution in [3.63, 3.8) is 0 Å². The molecule has 0 spiro atoms. The molecule has 1 rings (SSSR count). The van der Waals surface area contributed by atoms with Crippen LogP contribution < -0.4 is 0 Å². The Morgan fingerprint density at radius 1 is 1.31 bits per heavy atom. The summed E-state index contributed by atoms with van der Waals surface area (Å²) in [6.45, 7) is -0.191. The monoisotopic (exact) mass is 245 g/mol. The summed E-state index contributed by atoms with van der Waals surface area (Å²) < 4.78 is 67.1. The Bertz CT molecular complexity index is 348. The van der Waals surface area contributed by atoms with Crippen LogP contribution in [0.4, 0.5) is 22.0 Å². The Labute approximate surface area is 87.0 Å². The normalized spacial score (nSPS) is 13.1. The first-order chi connectivity index (χ1) is 7.30. The van der Waals surface area contributed by atoms with Crippen LogP contribution in [-0.2, 0) is 17.2 Å². The lowest BCUT2D eigenvalue weighted by Crippen LogP contribution is -2.36. The predicted molar refractivity (Wildman–Crippen MR) is 41.8 cm³/mol. The zero-order valence-electron chi connectivity index (χ0n) is 8.13. The Kier molecular flexibility index (Phi) is 3.46. The molecule has 0 atom stereocenters. The fraction of sp³-hybridized carbons (Fsp3) is 0.714. The predicted octanol–water partition coefficient (Wildman–Crippen LogP) is 1.58. The second-order valence-corrected chi connectivity index (χ2v) is 2.91. The minimum Gasteiger partial charge on any atom is -0.383 e. The summed E-state index contributed by atoms with van der Waals surface area (Å²) in [5, 5.41) is 5.83. The smallest absolute Gasteiger partial charge is 0.383 e. The molecule has 16 heavy (non-hydrogen) atoms. The van der Waals surface area contributed by atoms with Gasteiger partial charge in [0.05, 0.1) is 6.61 Å². The van der Waals surface area contributed by atoms with Crippen molar-refractivity contribution in [2.75, 3.05) is 13.7 Å². The van der Waals surface area contributed by atoms with Crippen LogP contribution in [0, 0.1) is 0 Å². The van der Waals surface area contributed by atoms with Crippen LogP contribution in [0.15, 0.2) is 6.33 Å². The molecule has 4 nitrogen and oxygen atoms in total. The molecule has 0 aliphatic carbocycles. The van der Waals surface area contributed by atoms with Crippen LogP contribution in [0.3, 0.4) is 0 Å². The number of halogens is 5. The summed E-state index contributed by atoms with van der Waals surface area (Å²) in [7, 11) is 1.30. The molecular formula is C7H8F5N3O. The lowest BCUT2D eigenvalue weighted by atomic mass is 10.3. The lowest BCUT2D eigenvalue weighted by molar-refractivity contribution is -0.293. The van der Waals surface area contributed by atoms with E-state index < -0.39 is 17.9 Å². The summed E-state index contributed by atoms with van der Waals surface area (Å²) in [4.78, 5) is 0. The maximum absolute atomic E-state index is 12.9. The third-order valence-corrected chi connectivity index (χ3v) is 1.79. The Balaban J connectivity index is 2.99. The van der Waals surface area contributed by atoms with Crippen LogP contribution in [0.2, 0.25) is 0 Å². The highest BCUT2D eigenvalue weighted by molar-refractivity contribution is 5.00. The molecule has 1 aromatic heterocycles. The van der Waals surface area contributed by atoms with Crippen LogP contribution >= 0.6 is 0 Å². The van der Waals surface area contributed by atoms with Gasteiger partial charge in [-0.3, -0.25) is 0 Å². The first-order valence-corrected chi connectivity index (χ1v) is 4.12. The molecule has 92 valence electrons. The number of ether oxygens (including phenoxy) is 1. The fourth-order valence-corrected chi connectivity index (χ4v) is 0.978. The number of hydrogen-bond acceptors (Lipinski definition) is 3. The molecule has 0 unspecified atom stereocenters. The summed E-state index contributed by atoms with van der Waals surface area (Å²) in [5.74, 6) is -6.45. The molecule has 0 amide bonds. The summed E-state index contributed by atoms with van der Waals surface area (Å²) in [5.41, 5.74) is 0. The first-order valence-electron chi connectivity index (χ1n) is 4.12. The molecule has 0 bridgehead atoms. The topological polar surface area (TPSA) is 39.9 Å². The zero-order chi connectivity index (χ0) is 12.4. The molecule has 1 heterocycles. The largest absolute Gasteiger partial charge is 0.461 e. The van der Waals surface area contributed by atoms with E-state index in [1.807, 2.05) is 0 Å². The van der Waals surface area contributed by atoms with Crippen LogP contribution in [-0.4, -0.2) is 34.7 Å². The van der Waals surface area contributed by atoms with E-state index in [0.29, 0.717) is 4.57 Å². The van der Waals surface area contributed by atoms with Crippen molar-refractivity contribution in [3.8, 4) is 0 Å². The third-order valence-electron chi connectivity index (χ3n) is 1.79. The zero-order valence-corrected chi connectivity index (χ0v) is 8.13. The molecule has 0 saturated heterocycles. The van der Waals surface area contributed by atoms with E-state index in [-0.39, 0.29) is 13.2 Å². The summed E-state index contributed by atoms with van der Waals surface area (Å²) >= 11 is 0. The maximum Gasteiger partial charge on any atom is 0.461 e. The summed E-state index contributed by atoms with van der Waals surface area (Å²) in [6.07, 6.45) is -4.89. The van der Waals surface area contributed by atoms with E-state index in [1.54, 1.807) is 0 Å². The molecule has 0 aliphatic heterocycles. The van der Waals surface area contributed by atoms with Gasteiger partial charge in [-0.15, -0.1) is 10.2 Å². The number of alkyl halides is 5. The van der Waals surface area contributed by atoms with E-state index in [2.05, 4.69) is 14.9 Å². The van der Waals surface area contributed by atoms with Crippen molar-refractivity contribution in [2.45, 2.75) is 18.6 Å². The summed E-state index contributed by atoms with van der Waals surface area (Å²) in [6, 6.07) is 0. The maximum atomic E-state index is 12.9. The third kappa shape index (κ3) is 2.29. The molecule has 1 aromatic rings. The van der Waals surface area contributed by atoms with Crippen molar-refractivity contribution < 1.29 is 26.7 Å². The van der Waals surface area contributed by atoms with Gasteiger partial charge in [-0.1, -0.05) is 0 Å². The van der Waals surface area contributed by atoms with Crippen LogP contribution in [0.1, 0.15) is 5.82 Å². The molecular weight excluding hydrogens is 237 g/mol. The molecule has 0 radical (unpaired) electrons. The number of methoxy groups -OCH3 is 1. The number of aromatic nitrogens is 3. The average molecular weight is 245 g/mol. The van der Waals surface area contributed by atoms with Crippen LogP contribution in [0.5, 0.6) is 0 Å². The number of nitrogens with zero attached hydrogens (tertiary/aromatic N) is 3. The molecule has 0 aliphatic rings. The highest BCUT2D eigenvalue weighted by atomic mass is 19.4. The van der Waals surface area contributed by atoms with E-state index in [4.69, 9.17) is 0 Å². The standard InChI is InChI=1S/C7H8F5N3O/c1-16-3-2-15-4-13-14-5(15)6(8,9)7(10,11)12/h4H,2-3H2,1H3. The average Bonchev–Trinajstić information content (AvgIpc) is 2.61. The molecule has 0 fully saturated rings. The van der Waals surface area contributed by atoms with Gasteiger partial charge in [-0.25, -0.2) is 0 Å². The van der Waals surface area contributed by atoms with Gasteiger partial charge in [0.1, 0.15) is 6.33 Å². The van der Waals surface area contributed by atoms with Crippen molar-refractivity contribution in [2.24, 2.45) is 0 Å². The van der Waals surface area contributed by atoms with Crippen LogP contribution in [0.25, 0.3) is 0 Å². The van der Waals surface area contributed by atoms with Gasteiger partial charge >= 0.3 is 12.1 Å². The van der Waals surface area contributed by atoms with Gasteiger partial charge in [0.2, 0.25) is 5.82 Å². The SMILES string of the molecule is COCCn1cnnc1C(F)(F)C(F)(F)F. The quantitative estimate of drug-likeness (QED) is 0.756. The Hall–Kier alpha value is -1.25. The molecule has 0 saturated carbocycles. The van der Waals surface area contributed by atoms with E-state index in [9.17, 15) is 22.0 Å². The minimum absolute atomic E-state index is 0.0149. The molecule has 0 aromatic carbocycles. The van der Waals surface area contributed by atoms with Crippen molar-refractivity contribution in [3.05, 3.63) is 12.2 Å². The highest BCUT2D eigenvalue weighted by Crippen LogP contribution is 2.42. The van der Waals surface area contributed by atoms with Gasteiger partial charge in [0.25, 0.3) is 0 Å². The van der Waals surface area contributed by atoms with Crippen molar-refractivity contribution in [1.29, 1.82) is 0 Å². The Morgan fingerprint density at radius 2 is 1.94 bits per heavy atom. The highest BCUT2D eigenvalue weighted by Gasteiger charge is 2.61. The lowest BCUT2D eigenvalue weighted by Gasteiger charge is -2.19. The number of hydrogen-bond donors (Lipinski definition) is 0. The molecule has 0 N–H and O–H groups in total. The number of rotatable bonds is 4. The van der Waals surface area contributed by atoms with Crippen molar-refractivity contribution >= 4 is 0 Å². The van der Waals surface area contributed by atoms with Gasteiger partial charge in [-0.2, -0.15) is 22.0 Å².